The summed E-state index contributed by atoms with van der Waals surface area (Å²) in [7, 11) is 0. The molecule has 2 heterocycles. The Bertz CT molecular complexity index is 549. The van der Waals surface area contributed by atoms with E-state index in [1.165, 1.54) is 4.90 Å². The fraction of sp³-hybridized carbons (Fsp3) is 0.467. The Morgan fingerprint density at radius 1 is 1.25 bits per heavy atom. The third-order valence-corrected chi connectivity index (χ3v) is 3.61. The second-order valence-corrected chi connectivity index (χ2v) is 5.12. The number of hydrogen-bond donors (Lipinski definition) is 0. The highest BCUT2D eigenvalue weighted by Gasteiger charge is 2.35. The number of ketones is 1. The van der Waals surface area contributed by atoms with Crippen LogP contribution in [0.3, 0.4) is 0 Å². The highest BCUT2D eigenvalue weighted by Crippen LogP contribution is 2.30. The molecular weight excluding hydrogens is 258 g/mol. The van der Waals surface area contributed by atoms with Gasteiger partial charge in [-0.1, -0.05) is 11.6 Å². The first-order chi connectivity index (χ1) is 9.66. The molecule has 0 atom stereocenters. The number of hydrogen-bond acceptors (Lipinski definition) is 4. The zero-order chi connectivity index (χ0) is 14.1. The van der Waals surface area contributed by atoms with Gasteiger partial charge in [-0.15, -0.1) is 0 Å². The Hall–Kier alpha value is -1.72. The molecule has 2 aliphatic rings. The molecular formula is C15H17NO4. The van der Waals surface area contributed by atoms with E-state index in [9.17, 15) is 9.59 Å². The van der Waals surface area contributed by atoms with E-state index in [1.54, 1.807) is 6.07 Å². The minimum absolute atomic E-state index is 0.277. The number of anilines is 1. The fourth-order valence-corrected chi connectivity index (χ4v) is 2.57. The van der Waals surface area contributed by atoms with E-state index in [0.717, 1.165) is 12.0 Å². The van der Waals surface area contributed by atoms with E-state index >= 15 is 0 Å². The number of benzene rings is 1. The maximum absolute atomic E-state index is 12.0. The summed E-state index contributed by atoms with van der Waals surface area (Å²) >= 11 is 0. The van der Waals surface area contributed by atoms with E-state index in [4.69, 9.17) is 9.47 Å². The molecule has 2 aliphatic heterocycles. The minimum Gasteiger partial charge on any atom is -0.353 e. The predicted octanol–water partition coefficient (Wildman–Crippen LogP) is 1.68. The molecule has 1 aromatic rings. The van der Waals surface area contributed by atoms with Gasteiger partial charge in [0.25, 0.3) is 11.7 Å². The highest BCUT2D eigenvalue weighted by atomic mass is 16.7. The van der Waals surface area contributed by atoms with Gasteiger partial charge < -0.3 is 14.4 Å². The summed E-state index contributed by atoms with van der Waals surface area (Å²) in [6.45, 7) is 3.72. The Kier molecular flexibility index (Phi) is 3.54. The molecule has 5 heteroatoms. The maximum Gasteiger partial charge on any atom is 0.299 e. The number of carbonyl (C=O) groups excluding carboxylic acids is 2. The van der Waals surface area contributed by atoms with Crippen LogP contribution >= 0.6 is 0 Å². The molecule has 1 amide bonds. The number of nitrogens with zero attached hydrogens (tertiary/aromatic N) is 1. The Balaban J connectivity index is 1.74. The van der Waals surface area contributed by atoms with Crippen molar-refractivity contribution in [2.45, 2.75) is 26.1 Å². The van der Waals surface area contributed by atoms with Gasteiger partial charge in [-0.3, -0.25) is 9.59 Å². The van der Waals surface area contributed by atoms with Gasteiger partial charge in [-0.2, -0.15) is 0 Å². The molecule has 0 N–H and O–H groups in total. The zero-order valence-electron chi connectivity index (χ0n) is 11.4. The third kappa shape index (κ3) is 2.34. The van der Waals surface area contributed by atoms with Gasteiger partial charge >= 0.3 is 0 Å². The maximum atomic E-state index is 12.0. The molecule has 0 saturated carbocycles. The number of carbonyl (C=O) groups is 2. The Labute approximate surface area is 117 Å². The molecule has 1 saturated heterocycles. The quantitative estimate of drug-likeness (QED) is 0.788. The normalized spacial score (nSPS) is 19.6. The van der Waals surface area contributed by atoms with Crippen molar-refractivity contribution >= 4 is 17.4 Å². The van der Waals surface area contributed by atoms with Gasteiger partial charge in [0, 0.05) is 13.0 Å². The second kappa shape index (κ2) is 5.34. The van der Waals surface area contributed by atoms with Crippen molar-refractivity contribution in [3.8, 4) is 0 Å². The molecule has 0 aromatic heterocycles. The average molecular weight is 275 g/mol. The van der Waals surface area contributed by atoms with Gasteiger partial charge in [0.15, 0.2) is 6.29 Å². The van der Waals surface area contributed by atoms with Crippen LogP contribution < -0.4 is 4.90 Å². The summed E-state index contributed by atoms with van der Waals surface area (Å²) in [6, 6.07) is 5.50. The van der Waals surface area contributed by atoms with E-state index in [2.05, 4.69) is 0 Å². The lowest BCUT2D eigenvalue weighted by atomic mass is 10.1. The minimum atomic E-state index is -0.457. The summed E-state index contributed by atoms with van der Waals surface area (Å²) in [5, 5.41) is 0. The molecule has 20 heavy (non-hydrogen) atoms. The van der Waals surface area contributed by atoms with Gasteiger partial charge in [-0.25, -0.2) is 0 Å². The van der Waals surface area contributed by atoms with Crippen LogP contribution in [0.5, 0.6) is 0 Å². The highest BCUT2D eigenvalue weighted by molar-refractivity contribution is 6.52. The molecule has 106 valence electrons. The van der Waals surface area contributed by atoms with Crippen molar-refractivity contribution < 1.29 is 19.1 Å². The van der Waals surface area contributed by atoms with Crippen LogP contribution in [-0.4, -0.2) is 37.7 Å². The van der Waals surface area contributed by atoms with E-state index in [0.29, 0.717) is 37.4 Å². The van der Waals surface area contributed by atoms with Crippen LogP contribution in [-0.2, 0) is 14.3 Å². The topological polar surface area (TPSA) is 55.8 Å². The average Bonchev–Trinajstić information content (AvgIpc) is 2.70. The molecule has 0 spiro atoms. The first-order valence-corrected chi connectivity index (χ1v) is 6.87. The largest absolute Gasteiger partial charge is 0.353 e. The molecule has 1 fully saturated rings. The van der Waals surface area contributed by atoms with Crippen molar-refractivity contribution in [3.05, 3.63) is 29.3 Å². The van der Waals surface area contributed by atoms with Crippen LogP contribution in [0.2, 0.25) is 0 Å². The molecule has 3 rings (SSSR count). The van der Waals surface area contributed by atoms with Crippen LogP contribution in [0.4, 0.5) is 5.69 Å². The smallest absolute Gasteiger partial charge is 0.299 e. The van der Waals surface area contributed by atoms with Crippen molar-refractivity contribution in [2.75, 3.05) is 24.7 Å². The predicted molar refractivity (Wildman–Crippen MR) is 72.8 cm³/mol. The standard InChI is InChI=1S/C15H17NO4/c1-10-3-4-12-11(9-10)14(17)15(18)16(12)6-5-13-19-7-2-8-20-13/h3-4,9,13H,2,5-8H2,1H3. The van der Waals surface area contributed by atoms with Crippen LogP contribution in [0, 0.1) is 6.92 Å². The Morgan fingerprint density at radius 3 is 2.75 bits per heavy atom. The number of fused-ring (bicyclic) bond motifs is 1. The molecule has 0 radical (unpaired) electrons. The molecule has 0 aliphatic carbocycles. The summed E-state index contributed by atoms with van der Waals surface area (Å²) < 4.78 is 10.9. The molecule has 0 unspecified atom stereocenters. The monoisotopic (exact) mass is 275 g/mol. The number of aryl methyl sites for hydroxylation is 1. The van der Waals surface area contributed by atoms with Crippen LogP contribution in [0.25, 0.3) is 0 Å². The number of amides is 1. The molecule has 5 nitrogen and oxygen atoms in total. The Morgan fingerprint density at radius 2 is 2.00 bits per heavy atom. The number of ether oxygens (including phenoxy) is 2. The summed E-state index contributed by atoms with van der Waals surface area (Å²) in [5.41, 5.74) is 2.17. The molecule has 0 bridgehead atoms. The van der Waals surface area contributed by atoms with E-state index in [1.807, 2.05) is 19.1 Å². The first-order valence-electron chi connectivity index (χ1n) is 6.87. The summed E-state index contributed by atoms with van der Waals surface area (Å²) in [6.07, 6.45) is 1.20. The third-order valence-electron chi connectivity index (χ3n) is 3.61. The second-order valence-electron chi connectivity index (χ2n) is 5.12. The SMILES string of the molecule is Cc1ccc2c(c1)C(=O)C(=O)N2CCC1OCCCO1. The lowest BCUT2D eigenvalue weighted by Crippen LogP contribution is -2.35. The van der Waals surface area contributed by atoms with Crippen molar-refractivity contribution in [2.24, 2.45) is 0 Å². The van der Waals surface area contributed by atoms with Gasteiger partial charge in [0.05, 0.1) is 24.5 Å². The lowest BCUT2D eigenvalue weighted by molar-refractivity contribution is -0.179. The number of rotatable bonds is 3. The van der Waals surface area contributed by atoms with E-state index in [-0.39, 0.29) is 6.29 Å². The summed E-state index contributed by atoms with van der Waals surface area (Å²) in [5.74, 6) is -0.879. The molecule has 1 aromatic carbocycles. The van der Waals surface area contributed by atoms with Crippen molar-refractivity contribution in [1.82, 2.24) is 0 Å². The van der Waals surface area contributed by atoms with Crippen molar-refractivity contribution in [3.63, 3.8) is 0 Å². The first kappa shape index (κ1) is 13.3. The van der Waals surface area contributed by atoms with Gasteiger partial charge in [0.1, 0.15) is 0 Å². The number of Topliss-reactive ketones (excluding diaryl/α,β-unsaturated/α-hetero) is 1. The van der Waals surface area contributed by atoms with Crippen LogP contribution in [0.15, 0.2) is 18.2 Å². The summed E-state index contributed by atoms with van der Waals surface area (Å²) in [4.78, 5) is 25.5. The zero-order valence-corrected chi connectivity index (χ0v) is 11.4. The van der Waals surface area contributed by atoms with Crippen LogP contribution in [0.1, 0.15) is 28.8 Å². The van der Waals surface area contributed by atoms with E-state index < -0.39 is 11.7 Å². The van der Waals surface area contributed by atoms with Crippen molar-refractivity contribution in [1.29, 1.82) is 0 Å². The van der Waals surface area contributed by atoms with Gasteiger partial charge in [-0.05, 0) is 25.5 Å². The fourth-order valence-electron chi connectivity index (χ4n) is 2.57. The van der Waals surface area contributed by atoms with Gasteiger partial charge in [0.2, 0.25) is 0 Å². The lowest BCUT2D eigenvalue weighted by Gasteiger charge is -2.25.